The second kappa shape index (κ2) is 3.76. The van der Waals surface area contributed by atoms with E-state index >= 15 is 0 Å². The Kier molecular flexibility index (Phi) is 2.93. The van der Waals surface area contributed by atoms with Crippen molar-refractivity contribution >= 4 is 22.0 Å². The van der Waals surface area contributed by atoms with Gasteiger partial charge in [-0.15, -0.1) is 0 Å². The average molecular weight is 227 g/mol. The van der Waals surface area contributed by atoms with Crippen LogP contribution >= 0.6 is 15.9 Å². The summed E-state index contributed by atoms with van der Waals surface area (Å²) in [7, 11) is 0. The van der Waals surface area contributed by atoms with Crippen LogP contribution in [0.25, 0.3) is 6.08 Å². The molecular formula is C10H11BrO. The molecule has 0 heterocycles. The van der Waals surface area contributed by atoms with E-state index in [9.17, 15) is 5.11 Å². The Morgan fingerprint density at radius 2 is 2.08 bits per heavy atom. The average Bonchev–Trinajstić information content (AvgIpc) is 2.06. The van der Waals surface area contributed by atoms with Crippen LogP contribution in [0.2, 0.25) is 0 Å². The molecule has 0 spiro atoms. The summed E-state index contributed by atoms with van der Waals surface area (Å²) in [4.78, 5) is 0. The van der Waals surface area contributed by atoms with Crippen molar-refractivity contribution in [2.75, 3.05) is 0 Å². The first kappa shape index (κ1) is 9.33. The molecule has 0 saturated heterocycles. The molecular weight excluding hydrogens is 216 g/mol. The smallest absolute Gasteiger partial charge is 0.123 e. The van der Waals surface area contributed by atoms with E-state index in [-0.39, 0.29) is 0 Å². The first-order chi connectivity index (χ1) is 5.66. The Balaban J connectivity index is 3.32. The number of benzene rings is 1. The predicted octanol–water partition coefficient (Wildman–Crippen LogP) is 3.50. The van der Waals surface area contributed by atoms with Crippen LogP contribution in [-0.4, -0.2) is 5.11 Å². The third-order valence-electron chi connectivity index (χ3n) is 1.76. The molecule has 1 rings (SSSR count). The molecule has 1 N–H and O–H groups in total. The molecule has 2 heteroatoms. The zero-order valence-corrected chi connectivity index (χ0v) is 8.72. The van der Waals surface area contributed by atoms with E-state index in [4.69, 9.17) is 0 Å². The second-order valence-electron chi connectivity index (χ2n) is 2.61. The summed E-state index contributed by atoms with van der Waals surface area (Å²) in [5.74, 6) is 0.328. The summed E-state index contributed by atoms with van der Waals surface area (Å²) < 4.78 is 1.02. The number of hydrogen-bond acceptors (Lipinski definition) is 1. The number of halogens is 1. The maximum absolute atomic E-state index is 9.47. The molecule has 1 aromatic carbocycles. The van der Waals surface area contributed by atoms with Gasteiger partial charge in [0.2, 0.25) is 0 Å². The van der Waals surface area contributed by atoms with Crippen molar-refractivity contribution in [1.29, 1.82) is 0 Å². The Hall–Kier alpha value is -0.760. The Morgan fingerprint density at radius 1 is 1.42 bits per heavy atom. The fraction of sp³-hybridized carbons (Fsp3) is 0.200. The van der Waals surface area contributed by atoms with Gasteiger partial charge in [-0.3, -0.25) is 0 Å². The molecule has 0 aliphatic carbocycles. The minimum Gasteiger partial charge on any atom is -0.507 e. The summed E-state index contributed by atoms with van der Waals surface area (Å²) in [6.07, 6.45) is 3.81. The maximum atomic E-state index is 9.47. The standard InChI is InChI=1S/C10H11BrO/c1-3-4-8-7(2)9(11)5-6-10(8)12/h3-6,12H,1-2H3/b4-3+. The van der Waals surface area contributed by atoms with Gasteiger partial charge >= 0.3 is 0 Å². The van der Waals surface area contributed by atoms with Crippen molar-refractivity contribution in [1.82, 2.24) is 0 Å². The van der Waals surface area contributed by atoms with Gasteiger partial charge in [-0.1, -0.05) is 28.1 Å². The van der Waals surface area contributed by atoms with Gasteiger partial charge in [0.15, 0.2) is 0 Å². The fourth-order valence-electron chi connectivity index (χ4n) is 1.06. The summed E-state index contributed by atoms with van der Waals surface area (Å²) in [5, 5.41) is 9.47. The van der Waals surface area contributed by atoms with E-state index in [2.05, 4.69) is 15.9 Å². The van der Waals surface area contributed by atoms with Gasteiger partial charge in [0.25, 0.3) is 0 Å². The largest absolute Gasteiger partial charge is 0.507 e. The van der Waals surface area contributed by atoms with Crippen LogP contribution in [0.15, 0.2) is 22.7 Å². The molecule has 1 nitrogen and oxygen atoms in total. The molecule has 0 bridgehead atoms. The lowest BCUT2D eigenvalue weighted by Crippen LogP contribution is -1.83. The lowest BCUT2D eigenvalue weighted by molar-refractivity contribution is 0.473. The van der Waals surface area contributed by atoms with Crippen LogP contribution in [0.4, 0.5) is 0 Å². The zero-order valence-electron chi connectivity index (χ0n) is 7.13. The van der Waals surface area contributed by atoms with Crippen LogP contribution in [0.3, 0.4) is 0 Å². The first-order valence-corrected chi connectivity index (χ1v) is 4.57. The van der Waals surface area contributed by atoms with Gasteiger partial charge in [0, 0.05) is 10.0 Å². The third-order valence-corrected chi connectivity index (χ3v) is 2.62. The third kappa shape index (κ3) is 1.69. The highest BCUT2D eigenvalue weighted by Crippen LogP contribution is 2.28. The number of allylic oxidation sites excluding steroid dienone is 1. The summed E-state index contributed by atoms with van der Waals surface area (Å²) in [5.41, 5.74) is 1.94. The number of phenolic OH excluding ortho intramolecular Hbond substituents is 1. The highest BCUT2D eigenvalue weighted by molar-refractivity contribution is 9.10. The molecule has 0 saturated carbocycles. The second-order valence-corrected chi connectivity index (χ2v) is 3.46. The van der Waals surface area contributed by atoms with E-state index in [1.54, 1.807) is 6.07 Å². The molecule has 0 amide bonds. The lowest BCUT2D eigenvalue weighted by atomic mass is 10.1. The number of hydrogen-bond donors (Lipinski definition) is 1. The molecule has 0 fully saturated rings. The van der Waals surface area contributed by atoms with Crippen LogP contribution in [-0.2, 0) is 0 Å². The van der Waals surface area contributed by atoms with Crippen molar-refractivity contribution < 1.29 is 5.11 Å². The zero-order chi connectivity index (χ0) is 9.14. The summed E-state index contributed by atoms with van der Waals surface area (Å²) in [6, 6.07) is 3.53. The van der Waals surface area contributed by atoms with Crippen LogP contribution in [0, 0.1) is 6.92 Å². The number of phenols is 1. The molecule has 0 aliphatic rings. The summed E-state index contributed by atoms with van der Waals surface area (Å²) in [6.45, 7) is 3.90. The topological polar surface area (TPSA) is 20.2 Å². The van der Waals surface area contributed by atoms with Crippen molar-refractivity contribution in [2.45, 2.75) is 13.8 Å². The van der Waals surface area contributed by atoms with Crippen LogP contribution in [0.5, 0.6) is 5.75 Å². The molecule has 0 unspecified atom stereocenters. The van der Waals surface area contributed by atoms with Crippen molar-refractivity contribution in [3.8, 4) is 5.75 Å². The fourth-order valence-corrected chi connectivity index (χ4v) is 1.41. The van der Waals surface area contributed by atoms with Gasteiger partial charge in [0.05, 0.1) is 0 Å². The van der Waals surface area contributed by atoms with Gasteiger partial charge in [-0.05, 0) is 31.5 Å². The van der Waals surface area contributed by atoms with Crippen molar-refractivity contribution in [3.63, 3.8) is 0 Å². The van der Waals surface area contributed by atoms with E-state index in [0.717, 1.165) is 15.6 Å². The van der Waals surface area contributed by atoms with Crippen molar-refractivity contribution in [2.24, 2.45) is 0 Å². The molecule has 0 radical (unpaired) electrons. The lowest BCUT2D eigenvalue weighted by Gasteiger charge is -2.05. The van der Waals surface area contributed by atoms with Crippen molar-refractivity contribution in [3.05, 3.63) is 33.8 Å². The molecule has 0 atom stereocenters. The van der Waals surface area contributed by atoms with Crippen LogP contribution < -0.4 is 0 Å². The molecule has 64 valence electrons. The van der Waals surface area contributed by atoms with Gasteiger partial charge in [-0.25, -0.2) is 0 Å². The van der Waals surface area contributed by atoms with Gasteiger partial charge < -0.3 is 5.11 Å². The SMILES string of the molecule is C/C=C/c1c(O)ccc(Br)c1C. The number of aromatic hydroxyl groups is 1. The minimum atomic E-state index is 0.328. The quantitative estimate of drug-likeness (QED) is 0.778. The Bertz CT molecular complexity index is 316. The normalized spacial score (nSPS) is 10.9. The Morgan fingerprint density at radius 3 is 2.67 bits per heavy atom. The van der Waals surface area contributed by atoms with E-state index < -0.39 is 0 Å². The van der Waals surface area contributed by atoms with Gasteiger partial charge in [-0.2, -0.15) is 0 Å². The highest BCUT2D eigenvalue weighted by atomic mass is 79.9. The van der Waals surface area contributed by atoms with E-state index in [1.807, 2.05) is 32.1 Å². The molecule has 1 aromatic rings. The predicted molar refractivity (Wildman–Crippen MR) is 55.3 cm³/mol. The first-order valence-electron chi connectivity index (χ1n) is 3.77. The minimum absolute atomic E-state index is 0.328. The van der Waals surface area contributed by atoms with E-state index in [0.29, 0.717) is 5.75 Å². The van der Waals surface area contributed by atoms with E-state index in [1.165, 1.54) is 0 Å². The molecule has 0 aromatic heterocycles. The molecule has 0 aliphatic heterocycles. The monoisotopic (exact) mass is 226 g/mol. The van der Waals surface area contributed by atoms with Crippen LogP contribution in [0.1, 0.15) is 18.1 Å². The summed E-state index contributed by atoms with van der Waals surface area (Å²) >= 11 is 3.41. The highest BCUT2D eigenvalue weighted by Gasteiger charge is 2.03. The number of rotatable bonds is 1. The maximum Gasteiger partial charge on any atom is 0.123 e. The Labute approximate surface area is 80.9 Å². The molecule has 12 heavy (non-hydrogen) atoms. The van der Waals surface area contributed by atoms with Gasteiger partial charge in [0.1, 0.15) is 5.75 Å².